The molecule has 1 saturated carbocycles. The molecule has 0 radical (unpaired) electrons. The summed E-state index contributed by atoms with van der Waals surface area (Å²) in [5.41, 5.74) is 5.91. The van der Waals surface area contributed by atoms with E-state index in [9.17, 15) is 13.2 Å². The summed E-state index contributed by atoms with van der Waals surface area (Å²) in [6.07, 6.45) is 0.452. The summed E-state index contributed by atoms with van der Waals surface area (Å²) in [6, 6.07) is 0. The van der Waals surface area contributed by atoms with E-state index < -0.39 is 12.6 Å². The molecule has 2 N–H and O–H groups in total. The van der Waals surface area contributed by atoms with Crippen LogP contribution in [-0.2, 0) is 0 Å². The molecule has 0 bridgehead atoms. The van der Waals surface area contributed by atoms with Gasteiger partial charge in [-0.2, -0.15) is 13.2 Å². The van der Waals surface area contributed by atoms with Crippen molar-refractivity contribution >= 4 is 0 Å². The van der Waals surface area contributed by atoms with Gasteiger partial charge in [-0.15, -0.1) is 0 Å². The molecule has 16 heavy (non-hydrogen) atoms. The van der Waals surface area contributed by atoms with Crippen LogP contribution in [-0.4, -0.2) is 36.8 Å². The van der Waals surface area contributed by atoms with Crippen molar-refractivity contribution in [3.8, 4) is 0 Å². The Kier molecular flexibility index (Phi) is 4.62. The summed E-state index contributed by atoms with van der Waals surface area (Å²) in [5.74, 6) is 0. The maximum atomic E-state index is 12.0. The summed E-state index contributed by atoms with van der Waals surface area (Å²) >= 11 is 0. The van der Waals surface area contributed by atoms with Gasteiger partial charge < -0.3 is 10.6 Å². The monoisotopic (exact) mass is 238 g/mol. The molecule has 0 aromatic rings. The van der Waals surface area contributed by atoms with E-state index in [4.69, 9.17) is 5.73 Å². The van der Waals surface area contributed by atoms with Gasteiger partial charge >= 0.3 is 6.18 Å². The van der Waals surface area contributed by atoms with Gasteiger partial charge in [0, 0.05) is 18.6 Å². The van der Waals surface area contributed by atoms with E-state index in [1.807, 2.05) is 0 Å². The van der Waals surface area contributed by atoms with Crippen molar-refractivity contribution in [2.45, 2.75) is 50.2 Å². The lowest BCUT2D eigenvalue weighted by molar-refractivity contribution is -0.137. The molecule has 1 aliphatic carbocycles. The highest BCUT2D eigenvalue weighted by Crippen LogP contribution is 2.27. The van der Waals surface area contributed by atoms with Gasteiger partial charge in [0.1, 0.15) is 0 Å². The zero-order chi connectivity index (χ0) is 12.2. The van der Waals surface area contributed by atoms with Crippen molar-refractivity contribution in [1.82, 2.24) is 4.90 Å². The van der Waals surface area contributed by atoms with Crippen LogP contribution in [0.1, 0.15) is 38.5 Å². The van der Waals surface area contributed by atoms with Crippen LogP contribution in [0, 0.1) is 0 Å². The van der Waals surface area contributed by atoms with E-state index >= 15 is 0 Å². The van der Waals surface area contributed by atoms with Gasteiger partial charge in [0.2, 0.25) is 0 Å². The highest BCUT2D eigenvalue weighted by atomic mass is 19.4. The minimum Gasteiger partial charge on any atom is -0.324 e. The second-order valence-corrected chi connectivity index (χ2v) is 5.03. The molecule has 1 rings (SSSR count). The Morgan fingerprint density at radius 1 is 1.19 bits per heavy atom. The molecule has 5 heteroatoms. The number of hydrogen-bond acceptors (Lipinski definition) is 2. The van der Waals surface area contributed by atoms with Crippen LogP contribution in [0.2, 0.25) is 0 Å². The second kappa shape index (κ2) is 5.36. The standard InChI is InChI=1S/C11H21F3N2/c1-16(8-7-11(12,13)14)9-10(15)5-3-2-4-6-10/h2-9,15H2,1H3. The lowest BCUT2D eigenvalue weighted by Gasteiger charge is -2.36. The second-order valence-electron chi connectivity index (χ2n) is 5.03. The Morgan fingerprint density at radius 3 is 2.25 bits per heavy atom. The van der Waals surface area contributed by atoms with Crippen LogP contribution in [0.25, 0.3) is 0 Å². The predicted molar refractivity (Wildman–Crippen MR) is 58.2 cm³/mol. The van der Waals surface area contributed by atoms with Gasteiger partial charge in [-0.3, -0.25) is 0 Å². The lowest BCUT2D eigenvalue weighted by Crippen LogP contribution is -2.50. The number of rotatable bonds is 4. The molecule has 1 aliphatic rings. The number of nitrogens with two attached hydrogens (primary N) is 1. The van der Waals surface area contributed by atoms with Gasteiger partial charge in [-0.25, -0.2) is 0 Å². The first-order valence-electron chi connectivity index (χ1n) is 5.85. The first kappa shape index (κ1) is 13.8. The molecule has 0 spiro atoms. The summed E-state index contributed by atoms with van der Waals surface area (Å²) in [5, 5.41) is 0. The first-order chi connectivity index (χ1) is 7.31. The number of alkyl halides is 3. The van der Waals surface area contributed by atoms with Gasteiger partial charge in [0.25, 0.3) is 0 Å². The van der Waals surface area contributed by atoms with Gasteiger partial charge in [-0.1, -0.05) is 19.3 Å². The number of nitrogens with zero attached hydrogens (tertiary/aromatic N) is 1. The zero-order valence-corrected chi connectivity index (χ0v) is 9.82. The predicted octanol–water partition coefficient (Wildman–Crippen LogP) is 2.53. The average Bonchev–Trinajstić information content (AvgIpc) is 2.14. The molecular formula is C11H21F3N2. The Balaban J connectivity index is 2.29. The fraction of sp³-hybridized carbons (Fsp3) is 1.00. The SMILES string of the molecule is CN(CCC(F)(F)F)CC1(N)CCCCC1. The smallest absolute Gasteiger partial charge is 0.324 e. The van der Waals surface area contributed by atoms with Crippen molar-refractivity contribution in [1.29, 1.82) is 0 Å². The van der Waals surface area contributed by atoms with Crippen molar-refractivity contribution in [2.24, 2.45) is 5.73 Å². The normalized spacial score (nSPS) is 21.4. The molecule has 0 amide bonds. The maximum absolute atomic E-state index is 12.0. The summed E-state index contributed by atoms with van der Waals surface area (Å²) in [6.45, 7) is 0.617. The van der Waals surface area contributed by atoms with Crippen LogP contribution in [0.4, 0.5) is 13.2 Å². The molecule has 1 fully saturated rings. The van der Waals surface area contributed by atoms with Gasteiger partial charge in [0.05, 0.1) is 6.42 Å². The molecule has 0 aliphatic heterocycles. The molecule has 0 atom stereocenters. The highest BCUT2D eigenvalue weighted by molar-refractivity contribution is 4.89. The molecular weight excluding hydrogens is 217 g/mol. The number of likely N-dealkylation sites (N-methyl/N-ethyl adjacent to an activating group) is 1. The Bertz CT molecular complexity index is 210. The third kappa shape index (κ3) is 5.16. The molecule has 0 aromatic carbocycles. The maximum Gasteiger partial charge on any atom is 0.390 e. The van der Waals surface area contributed by atoms with Gasteiger partial charge in [-0.05, 0) is 19.9 Å². The van der Waals surface area contributed by atoms with Crippen LogP contribution < -0.4 is 5.73 Å². The van der Waals surface area contributed by atoms with Crippen LogP contribution in [0.15, 0.2) is 0 Å². The van der Waals surface area contributed by atoms with Crippen LogP contribution >= 0.6 is 0 Å². The summed E-state index contributed by atoms with van der Waals surface area (Å²) < 4.78 is 36.1. The Labute approximate surface area is 95.0 Å². The largest absolute Gasteiger partial charge is 0.390 e. The molecule has 0 heterocycles. The number of halogens is 3. The van der Waals surface area contributed by atoms with Crippen molar-refractivity contribution < 1.29 is 13.2 Å². The van der Waals surface area contributed by atoms with E-state index in [0.29, 0.717) is 6.54 Å². The fourth-order valence-electron chi connectivity index (χ4n) is 2.35. The molecule has 2 nitrogen and oxygen atoms in total. The molecule has 0 saturated heterocycles. The first-order valence-corrected chi connectivity index (χ1v) is 5.85. The van der Waals surface area contributed by atoms with E-state index in [-0.39, 0.29) is 12.1 Å². The van der Waals surface area contributed by atoms with Crippen molar-refractivity contribution in [3.05, 3.63) is 0 Å². The van der Waals surface area contributed by atoms with Crippen molar-refractivity contribution in [2.75, 3.05) is 20.1 Å². The summed E-state index contributed by atoms with van der Waals surface area (Å²) in [4.78, 5) is 1.71. The third-order valence-corrected chi connectivity index (χ3v) is 3.21. The van der Waals surface area contributed by atoms with E-state index in [1.165, 1.54) is 6.42 Å². The topological polar surface area (TPSA) is 29.3 Å². The minimum absolute atomic E-state index is 0.0441. The average molecular weight is 238 g/mol. The quantitative estimate of drug-likeness (QED) is 0.815. The van der Waals surface area contributed by atoms with Crippen LogP contribution in [0.3, 0.4) is 0 Å². The lowest BCUT2D eigenvalue weighted by atomic mass is 9.82. The molecule has 0 unspecified atom stereocenters. The third-order valence-electron chi connectivity index (χ3n) is 3.21. The molecule has 0 aromatic heterocycles. The minimum atomic E-state index is -4.07. The Morgan fingerprint density at radius 2 is 1.75 bits per heavy atom. The van der Waals surface area contributed by atoms with Crippen LogP contribution in [0.5, 0.6) is 0 Å². The highest BCUT2D eigenvalue weighted by Gasteiger charge is 2.31. The van der Waals surface area contributed by atoms with Gasteiger partial charge in [0.15, 0.2) is 0 Å². The van der Waals surface area contributed by atoms with E-state index in [0.717, 1.165) is 25.7 Å². The molecule has 96 valence electrons. The Hall–Kier alpha value is -0.290. The fourth-order valence-corrected chi connectivity index (χ4v) is 2.35. The van der Waals surface area contributed by atoms with E-state index in [2.05, 4.69) is 0 Å². The zero-order valence-electron chi connectivity index (χ0n) is 9.82. The summed E-state index contributed by atoms with van der Waals surface area (Å²) in [7, 11) is 1.72. The number of hydrogen-bond donors (Lipinski definition) is 1. The van der Waals surface area contributed by atoms with Crippen molar-refractivity contribution in [3.63, 3.8) is 0 Å². The van der Waals surface area contributed by atoms with E-state index in [1.54, 1.807) is 11.9 Å².